The number of halogens is 1. The van der Waals surface area contributed by atoms with Crippen LogP contribution in [0.25, 0.3) is 0 Å². The van der Waals surface area contributed by atoms with Crippen LogP contribution in [0, 0.1) is 0 Å². The second-order valence-electron chi connectivity index (χ2n) is 4.76. The Bertz CT molecular complexity index is 578. The number of carbonyl (C=O) groups excluding carboxylic acids is 1. The number of anilines is 1. The van der Waals surface area contributed by atoms with Gasteiger partial charge in [-0.05, 0) is 42.3 Å². The van der Waals surface area contributed by atoms with Gasteiger partial charge in [0.1, 0.15) is 0 Å². The Labute approximate surface area is 123 Å². The maximum Gasteiger partial charge on any atom is 0.224 e. The number of hydrogen-bond donors (Lipinski definition) is 2. The molecule has 0 saturated carbocycles. The third kappa shape index (κ3) is 4.00. The van der Waals surface area contributed by atoms with E-state index in [0.717, 1.165) is 11.1 Å². The van der Waals surface area contributed by atoms with E-state index in [1.165, 1.54) is 0 Å². The van der Waals surface area contributed by atoms with Gasteiger partial charge in [-0.1, -0.05) is 35.9 Å². The Kier molecular flexibility index (Phi) is 4.64. The van der Waals surface area contributed by atoms with E-state index in [2.05, 4.69) is 5.32 Å². The van der Waals surface area contributed by atoms with Gasteiger partial charge in [0.15, 0.2) is 0 Å². The molecule has 0 spiro atoms. The predicted octanol–water partition coefficient (Wildman–Crippen LogP) is 3.34. The first kappa shape index (κ1) is 14.4. The summed E-state index contributed by atoms with van der Waals surface area (Å²) in [5, 5.41) is 3.65. The molecule has 2 aromatic rings. The molecule has 0 bridgehead atoms. The lowest BCUT2D eigenvalue weighted by molar-refractivity contribution is -0.121. The zero-order valence-electron chi connectivity index (χ0n) is 11.3. The molecule has 0 heterocycles. The SMILES string of the molecule is C[C@H](NC(=O)Cc1ccc(N)cc1)c1ccc(Cl)cc1. The lowest BCUT2D eigenvalue weighted by atomic mass is 10.1. The maximum absolute atomic E-state index is 12.0. The molecule has 1 atom stereocenters. The van der Waals surface area contributed by atoms with E-state index in [4.69, 9.17) is 17.3 Å². The van der Waals surface area contributed by atoms with Gasteiger partial charge < -0.3 is 11.1 Å². The number of nitrogens with one attached hydrogen (secondary N) is 1. The first-order valence-electron chi connectivity index (χ1n) is 6.44. The summed E-state index contributed by atoms with van der Waals surface area (Å²) in [6.45, 7) is 1.95. The van der Waals surface area contributed by atoms with Crippen LogP contribution in [0.1, 0.15) is 24.1 Å². The number of nitrogens with two attached hydrogens (primary N) is 1. The molecule has 0 aromatic heterocycles. The quantitative estimate of drug-likeness (QED) is 0.848. The van der Waals surface area contributed by atoms with Gasteiger partial charge in [0, 0.05) is 10.7 Å². The first-order valence-corrected chi connectivity index (χ1v) is 6.81. The fourth-order valence-corrected chi connectivity index (χ4v) is 2.07. The highest BCUT2D eigenvalue weighted by molar-refractivity contribution is 6.30. The topological polar surface area (TPSA) is 55.1 Å². The van der Waals surface area contributed by atoms with Gasteiger partial charge in [-0.15, -0.1) is 0 Å². The van der Waals surface area contributed by atoms with Crippen LogP contribution in [0.3, 0.4) is 0 Å². The Morgan fingerprint density at radius 2 is 1.75 bits per heavy atom. The highest BCUT2D eigenvalue weighted by atomic mass is 35.5. The number of hydrogen-bond acceptors (Lipinski definition) is 2. The summed E-state index contributed by atoms with van der Waals surface area (Å²) in [6, 6.07) is 14.7. The van der Waals surface area contributed by atoms with Crippen molar-refractivity contribution < 1.29 is 4.79 Å². The predicted molar refractivity (Wildman–Crippen MR) is 82.6 cm³/mol. The molecule has 1 amide bonds. The van der Waals surface area contributed by atoms with Gasteiger partial charge in [0.2, 0.25) is 5.91 Å². The average molecular weight is 289 g/mol. The van der Waals surface area contributed by atoms with Crippen molar-refractivity contribution >= 4 is 23.2 Å². The highest BCUT2D eigenvalue weighted by Crippen LogP contribution is 2.16. The van der Waals surface area contributed by atoms with E-state index in [1.807, 2.05) is 43.3 Å². The number of carbonyl (C=O) groups is 1. The monoisotopic (exact) mass is 288 g/mol. The fraction of sp³-hybridized carbons (Fsp3) is 0.188. The van der Waals surface area contributed by atoms with Crippen LogP contribution >= 0.6 is 11.6 Å². The van der Waals surface area contributed by atoms with Crippen molar-refractivity contribution in [3.05, 3.63) is 64.7 Å². The van der Waals surface area contributed by atoms with Crippen LogP contribution in [0.2, 0.25) is 5.02 Å². The number of nitrogen functional groups attached to an aromatic ring is 1. The van der Waals surface area contributed by atoms with Crippen LogP contribution in [-0.4, -0.2) is 5.91 Å². The van der Waals surface area contributed by atoms with Gasteiger partial charge in [-0.25, -0.2) is 0 Å². The Balaban J connectivity index is 1.93. The molecule has 0 aliphatic carbocycles. The fourth-order valence-electron chi connectivity index (χ4n) is 1.95. The second-order valence-corrected chi connectivity index (χ2v) is 5.20. The third-order valence-corrected chi connectivity index (χ3v) is 3.34. The second kappa shape index (κ2) is 6.44. The minimum absolute atomic E-state index is 0.0165. The minimum atomic E-state index is -0.0476. The van der Waals surface area contributed by atoms with E-state index >= 15 is 0 Å². The summed E-state index contributed by atoms with van der Waals surface area (Å²) >= 11 is 5.84. The van der Waals surface area contributed by atoms with Crippen molar-refractivity contribution in [2.45, 2.75) is 19.4 Å². The average Bonchev–Trinajstić information content (AvgIpc) is 2.42. The Morgan fingerprint density at radius 1 is 1.15 bits per heavy atom. The molecular formula is C16H17ClN2O. The zero-order valence-corrected chi connectivity index (χ0v) is 12.0. The summed E-state index contributed by atoms with van der Waals surface area (Å²) in [6.07, 6.45) is 0.345. The largest absolute Gasteiger partial charge is 0.399 e. The summed E-state index contributed by atoms with van der Waals surface area (Å²) in [7, 11) is 0. The van der Waals surface area contributed by atoms with Crippen molar-refractivity contribution in [2.24, 2.45) is 0 Å². The van der Waals surface area contributed by atoms with Crippen molar-refractivity contribution in [1.82, 2.24) is 5.32 Å². The van der Waals surface area contributed by atoms with Crippen molar-refractivity contribution in [2.75, 3.05) is 5.73 Å². The third-order valence-electron chi connectivity index (χ3n) is 3.09. The van der Waals surface area contributed by atoms with Gasteiger partial charge in [-0.3, -0.25) is 4.79 Å². The summed E-state index contributed by atoms with van der Waals surface area (Å²) < 4.78 is 0. The van der Waals surface area contributed by atoms with E-state index in [0.29, 0.717) is 17.1 Å². The zero-order chi connectivity index (χ0) is 14.5. The van der Waals surface area contributed by atoms with E-state index in [9.17, 15) is 4.79 Å². The molecule has 0 fully saturated rings. The molecule has 0 radical (unpaired) electrons. The summed E-state index contributed by atoms with van der Waals surface area (Å²) in [5.41, 5.74) is 8.29. The van der Waals surface area contributed by atoms with Gasteiger partial charge in [0.25, 0.3) is 0 Å². The lowest BCUT2D eigenvalue weighted by Crippen LogP contribution is -2.28. The van der Waals surface area contributed by atoms with Crippen LogP contribution in [0.4, 0.5) is 5.69 Å². The van der Waals surface area contributed by atoms with Crippen molar-refractivity contribution in [3.63, 3.8) is 0 Å². The van der Waals surface area contributed by atoms with Crippen LogP contribution in [0.15, 0.2) is 48.5 Å². The van der Waals surface area contributed by atoms with Crippen LogP contribution in [-0.2, 0) is 11.2 Å². The minimum Gasteiger partial charge on any atom is -0.399 e. The summed E-state index contributed by atoms with van der Waals surface area (Å²) in [4.78, 5) is 12.0. The normalized spacial score (nSPS) is 11.9. The molecule has 2 aromatic carbocycles. The molecule has 3 nitrogen and oxygen atoms in total. The van der Waals surface area contributed by atoms with Crippen molar-refractivity contribution in [1.29, 1.82) is 0 Å². The number of rotatable bonds is 4. The molecular weight excluding hydrogens is 272 g/mol. The molecule has 0 saturated heterocycles. The molecule has 0 aliphatic heterocycles. The summed E-state index contributed by atoms with van der Waals surface area (Å²) in [5.74, 6) is -0.0165. The van der Waals surface area contributed by atoms with Gasteiger partial charge in [-0.2, -0.15) is 0 Å². The molecule has 104 valence electrons. The van der Waals surface area contributed by atoms with E-state index in [1.54, 1.807) is 12.1 Å². The smallest absolute Gasteiger partial charge is 0.224 e. The molecule has 4 heteroatoms. The lowest BCUT2D eigenvalue weighted by Gasteiger charge is -2.14. The van der Waals surface area contributed by atoms with Crippen LogP contribution in [0.5, 0.6) is 0 Å². The maximum atomic E-state index is 12.0. The standard InChI is InChI=1S/C16H17ClN2O/c1-11(13-4-6-14(17)7-5-13)19-16(20)10-12-2-8-15(18)9-3-12/h2-9,11H,10,18H2,1H3,(H,19,20)/t11-/m0/s1. The number of benzene rings is 2. The molecule has 2 rings (SSSR count). The van der Waals surface area contributed by atoms with Crippen LogP contribution < -0.4 is 11.1 Å². The molecule has 20 heavy (non-hydrogen) atoms. The van der Waals surface area contributed by atoms with E-state index < -0.39 is 0 Å². The Morgan fingerprint density at radius 3 is 2.35 bits per heavy atom. The van der Waals surface area contributed by atoms with Crippen molar-refractivity contribution in [3.8, 4) is 0 Å². The number of amides is 1. The van der Waals surface area contributed by atoms with Gasteiger partial charge >= 0.3 is 0 Å². The first-order chi connectivity index (χ1) is 9.54. The van der Waals surface area contributed by atoms with Gasteiger partial charge in [0.05, 0.1) is 12.5 Å². The molecule has 0 unspecified atom stereocenters. The molecule has 3 N–H and O–H groups in total. The Hall–Kier alpha value is -2.00. The highest BCUT2D eigenvalue weighted by Gasteiger charge is 2.10. The van der Waals surface area contributed by atoms with E-state index in [-0.39, 0.29) is 11.9 Å². The molecule has 0 aliphatic rings.